The number of nitrogen functional groups attached to an aromatic ring is 1. The Labute approximate surface area is 115 Å². The Balaban J connectivity index is 2.65. The van der Waals surface area contributed by atoms with E-state index in [4.69, 9.17) is 5.73 Å². The fraction of sp³-hybridized carbons (Fsp3) is 0.438. The zero-order chi connectivity index (χ0) is 14.0. The standard InChI is InChI=1S/C16H23N3/c1-5-12(6-2)15-14(16(17)19(4)18-15)13-10-8-7-9-11(13)3/h7-10,12H,5-6,17H2,1-4H3. The fourth-order valence-corrected chi connectivity index (χ4v) is 2.65. The summed E-state index contributed by atoms with van der Waals surface area (Å²) in [5.41, 5.74) is 11.0. The molecule has 2 aromatic rings. The number of anilines is 1. The summed E-state index contributed by atoms with van der Waals surface area (Å²) in [4.78, 5) is 0. The van der Waals surface area contributed by atoms with Crippen molar-refractivity contribution < 1.29 is 0 Å². The van der Waals surface area contributed by atoms with Gasteiger partial charge >= 0.3 is 0 Å². The molecule has 0 saturated heterocycles. The van der Waals surface area contributed by atoms with Crippen molar-refractivity contribution in [1.82, 2.24) is 9.78 Å². The molecule has 0 aliphatic carbocycles. The normalized spacial score (nSPS) is 11.2. The lowest BCUT2D eigenvalue weighted by atomic mass is 9.91. The largest absolute Gasteiger partial charge is 0.383 e. The number of hydrogen-bond donors (Lipinski definition) is 1. The topological polar surface area (TPSA) is 43.8 Å². The van der Waals surface area contributed by atoms with Gasteiger partial charge in [-0.1, -0.05) is 38.1 Å². The third-order valence-electron chi connectivity index (χ3n) is 3.91. The molecule has 102 valence electrons. The SMILES string of the molecule is CCC(CC)c1nn(C)c(N)c1-c1ccccc1C. The molecule has 0 spiro atoms. The molecular formula is C16H23N3. The summed E-state index contributed by atoms with van der Waals surface area (Å²) in [6, 6.07) is 8.38. The van der Waals surface area contributed by atoms with Crippen LogP contribution in [-0.2, 0) is 7.05 Å². The second-order valence-electron chi connectivity index (χ2n) is 5.10. The predicted molar refractivity (Wildman–Crippen MR) is 81.1 cm³/mol. The molecule has 0 unspecified atom stereocenters. The third kappa shape index (κ3) is 2.37. The molecule has 0 radical (unpaired) electrons. The van der Waals surface area contributed by atoms with Gasteiger partial charge < -0.3 is 5.73 Å². The van der Waals surface area contributed by atoms with Gasteiger partial charge in [-0.3, -0.25) is 4.68 Å². The predicted octanol–water partition coefficient (Wildman–Crippen LogP) is 3.88. The van der Waals surface area contributed by atoms with Gasteiger partial charge in [0.05, 0.1) is 5.69 Å². The maximum Gasteiger partial charge on any atom is 0.129 e. The van der Waals surface area contributed by atoms with E-state index in [-0.39, 0.29) is 0 Å². The van der Waals surface area contributed by atoms with E-state index in [0.29, 0.717) is 5.92 Å². The van der Waals surface area contributed by atoms with E-state index in [1.807, 2.05) is 7.05 Å². The minimum atomic E-state index is 0.470. The Morgan fingerprint density at radius 3 is 2.42 bits per heavy atom. The number of benzene rings is 1. The first-order valence-corrected chi connectivity index (χ1v) is 6.98. The van der Waals surface area contributed by atoms with Crippen LogP contribution in [0.4, 0.5) is 5.82 Å². The zero-order valence-electron chi connectivity index (χ0n) is 12.3. The van der Waals surface area contributed by atoms with Crippen LogP contribution in [0.3, 0.4) is 0 Å². The van der Waals surface area contributed by atoms with Gasteiger partial charge in [-0.2, -0.15) is 5.10 Å². The summed E-state index contributed by atoms with van der Waals surface area (Å²) >= 11 is 0. The van der Waals surface area contributed by atoms with E-state index in [9.17, 15) is 0 Å². The van der Waals surface area contributed by atoms with Crippen LogP contribution in [0, 0.1) is 6.92 Å². The summed E-state index contributed by atoms with van der Waals surface area (Å²) < 4.78 is 1.80. The molecule has 2 rings (SSSR count). The Kier molecular flexibility index (Phi) is 3.93. The molecule has 0 aliphatic heterocycles. The maximum absolute atomic E-state index is 6.25. The highest BCUT2D eigenvalue weighted by molar-refractivity contribution is 5.79. The zero-order valence-corrected chi connectivity index (χ0v) is 12.3. The summed E-state index contributed by atoms with van der Waals surface area (Å²) in [5.74, 6) is 1.23. The van der Waals surface area contributed by atoms with Crippen molar-refractivity contribution in [3.8, 4) is 11.1 Å². The van der Waals surface area contributed by atoms with Gasteiger partial charge in [0, 0.05) is 18.5 Å². The fourth-order valence-electron chi connectivity index (χ4n) is 2.65. The second-order valence-corrected chi connectivity index (χ2v) is 5.10. The van der Waals surface area contributed by atoms with Crippen molar-refractivity contribution in [3.05, 3.63) is 35.5 Å². The first-order valence-electron chi connectivity index (χ1n) is 6.98. The maximum atomic E-state index is 6.25. The average Bonchev–Trinajstić information content (AvgIpc) is 2.69. The van der Waals surface area contributed by atoms with Crippen LogP contribution in [0.25, 0.3) is 11.1 Å². The molecule has 19 heavy (non-hydrogen) atoms. The highest BCUT2D eigenvalue weighted by Crippen LogP contribution is 2.37. The smallest absolute Gasteiger partial charge is 0.129 e. The lowest BCUT2D eigenvalue weighted by Crippen LogP contribution is -2.00. The summed E-state index contributed by atoms with van der Waals surface area (Å²) in [7, 11) is 1.92. The second kappa shape index (κ2) is 5.47. The number of nitrogens with zero attached hydrogens (tertiary/aromatic N) is 2. The lowest BCUT2D eigenvalue weighted by molar-refractivity contribution is 0.605. The van der Waals surface area contributed by atoms with Crippen LogP contribution >= 0.6 is 0 Å². The van der Waals surface area contributed by atoms with Crippen LogP contribution in [0.5, 0.6) is 0 Å². The quantitative estimate of drug-likeness (QED) is 0.903. The number of nitrogens with two attached hydrogens (primary N) is 1. The van der Waals surface area contributed by atoms with Crippen molar-refractivity contribution in [3.63, 3.8) is 0 Å². The van der Waals surface area contributed by atoms with Crippen LogP contribution < -0.4 is 5.73 Å². The highest BCUT2D eigenvalue weighted by Gasteiger charge is 2.22. The summed E-state index contributed by atoms with van der Waals surface area (Å²) in [5, 5.41) is 4.66. The minimum absolute atomic E-state index is 0.470. The number of rotatable bonds is 4. The van der Waals surface area contributed by atoms with Crippen LogP contribution in [0.15, 0.2) is 24.3 Å². The van der Waals surface area contributed by atoms with Crippen LogP contribution in [0.1, 0.15) is 43.9 Å². The first-order chi connectivity index (χ1) is 9.10. The molecule has 0 amide bonds. The summed E-state index contributed by atoms with van der Waals surface area (Å²) in [6.07, 6.45) is 2.18. The summed E-state index contributed by atoms with van der Waals surface area (Å²) in [6.45, 7) is 6.54. The molecule has 3 heteroatoms. The van der Waals surface area contributed by atoms with Crippen molar-refractivity contribution in [2.45, 2.75) is 39.5 Å². The third-order valence-corrected chi connectivity index (χ3v) is 3.91. The van der Waals surface area contributed by atoms with Crippen molar-refractivity contribution in [2.75, 3.05) is 5.73 Å². The Morgan fingerprint density at radius 1 is 1.21 bits per heavy atom. The van der Waals surface area contributed by atoms with E-state index in [1.165, 1.54) is 11.1 Å². The number of hydrogen-bond acceptors (Lipinski definition) is 2. The molecule has 2 N–H and O–H groups in total. The Hall–Kier alpha value is -1.77. The minimum Gasteiger partial charge on any atom is -0.383 e. The first kappa shape index (κ1) is 13.7. The Morgan fingerprint density at radius 2 is 1.84 bits per heavy atom. The molecule has 0 fully saturated rings. The van der Waals surface area contributed by atoms with Crippen LogP contribution in [0.2, 0.25) is 0 Å². The average molecular weight is 257 g/mol. The molecule has 3 nitrogen and oxygen atoms in total. The van der Waals surface area contributed by atoms with Crippen molar-refractivity contribution in [1.29, 1.82) is 0 Å². The van der Waals surface area contributed by atoms with Crippen molar-refractivity contribution >= 4 is 5.82 Å². The lowest BCUT2D eigenvalue weighted by Gasteiger charge is -2.13. The molecule has 0 saturated carbocycles. The van der Waals surface area contributed by atoms with Gasteiger partial charge in [0.25, 0.3) is 0 Å². The highest BCUT2D eigenvalue weighted by atomic mass is 15.3. The van der Waals surface area contributed by atoms with Gasteiger partial charge in [-0.25, -0.2) is 0 Å². The molecule has 1 heterocycles. The molecule has 1 aromatic carbocycles. The van der Waals surface area contributed by atoms with E-state index in [0.717, 1.165) is 29.9 Å². The van der Waals surface area contributed by atoms with Gasteiger partial charge in [-0.15, -0.1) is 0 Å². The van der Waals surface area contributed by atoms with Gasteiger partial charge in [0.15, 0.2) is 0 Å². The van der Waals surface area contributed by atoms with E-state index in [1.54, 1.807) is 4.68 Å². The number of aromatic nitrogens is 2. The van der Waals surface area contributed by atoms with Gasteiger partial charge in [-0.05, 0) is 30.9 Å². The van der Waals surface area contributed by atoms with Gasteiger partial charge in [0.2, 0.25) is 0 Å². The number of aryl methyl sites for hydroxylation is 2. The van der Waals surface area contributed by atoms with E-state index >= 15 is 0 Å². The van der Waals surface area contributed by atoms with Crippen LogP contribution in [-0.4, -0.2) is 9.78 Å². The molecule has 1 aromatic heterocycles. The molecule has 0 aliphatic rings. The van der Waals surface area contributed by atoms with E-state index < -0.39 is 0 Å². The molecule has 0 atom stereocenters. The Bertz CT molecular complexity index is 565. The monoisotopic (exact) mass is 257 g/mol. The molecular weight excluding hydrogens is 234 g/mol. The molecule has 0 bridgehead atoms. The van der Waals surface area contributed by atoms with Gasteiger partial charge in [0.1, 0.15) is 5.82 Å². The van der Waals surface area contributed by atoms with Crippen molar-refractivity contribution in [2.24, 2.45) is 7.05 Å². The van der Waals surface area contributed by atoms with E-state index in [2.05, 4.69) is 50.1 Å².